The first-order valence-corrected chi connectivity index (χ1v) is 6.17. The summed E-state index contributed by atoms with van der Waals surface area (Å²) in [5, 5.41) is 1.07. The number of hydrogen-bond donors (Lipinski definition) is 0. The average Bonchev–Trinajstić information content (AvgIpc) is 2.95. The van der Waals surface area contributed by atoms with Crippen molar-refractivity contribution in [2.45, 2.75) is 39.0 Å². The van der Waals surface area contributed by atoms with Crippen LogP contribution in [0.25, 0.3) is 0 Å². The van der Waals surface area contributed by atoms with Gasteiger partial charge in [0.15, 0.2) is 0 Å². The molecule has 1 saturated carbocycles. The van der Waals surface area contributed by atoms with E-state index in [0.29, 0.717) is 10.3 Å². The molecule has 0 saturated heterocycles. The van der Waals surface area contributed by atoms with E-state index in [1.165, 1.54) is 12.8 Å². The summed E-state index contributed by atoms with van der Waals surface area (Å²) in [7, 11) is 0. The zero-order valence-corrected chi connectivity index (χ0v) is 10.3. The predicted octanol–water partition coefficient (Wildman–Crippen LogP) is 3.69. The molecule has 1 aliphatic rings. The summed E-state index contributed by atoms with van der Waals surface area (Å²) in [6.45, 7) is 2.09. The molecule has 2 rings (SSSR count). The molecule has 0 aromatic carbocycles. The lowest BCUT2D eigenvalue weighted by Crippen LogP contribution is -2.01. The Morgan fingerprint density at radius 1 is 1.20 bits per heavy atom. The summed E-state index contributed by atoms with van der Waals surface area (Å²) in [6.07, 6.45) is 5.35. The Kier molecular flexibility index (Phi) is 3.47. The third-order valence-corrected chi connectivity index (χ3v) is 3.25. The van der Waals surface area contributed by atoms with Gasteiger partial charge in [0.1, 0.15) is 16.1 Å². The molecule has 1 heterocycles. The molecule has 2 nitrogen and oxygen atoms in total. The highest BCUT2D eigenvalue weighted by Gasteiger charge is 2.23. The van der Waals surface area contributed by atoms with Crippen LogP contribution in [0.15, 0.2) is 0 Å². The third-order valence-electron chi connectivity index (χ3n) is 2.62. The number of rotatable bonds is 4. The van der Waals surface area contributed by atoms with Gasteiger partial charge in [-0.1, -0.05) is 36.5 Å². The summed E-state index contributed by atoms with van der Waals surface area (Å²) in [5.74, 6) is 1.56. The molecule has 0 unspecified atom stereocenters. The summed E-state index contributed by atoms with van der Waals surface area (Å²) in [6, 6.07) is 0. The lowest BCUT2D eigenvalue weighted by atomic mass is 10.2. The predicted molar refractivity (Wildman–Crippen MR) is 62.5 cm³/mol. The van der Waals surface area contributed by atoms with E-state index in [1.54, 1.807) is 0 Å². The first kappa shape index (κ1) is 11.2. The Balaban J connectivity index is 2.20. The van der Waals surface area contributed by atoms with Crippen molar-refractivity contribution in [2.75, 3.05) is 0 Å². The van der Waals surface area contributed by atoms with Gasteiger partial charge in [0.2, 0.25) is 0 Å². The van der Waals surface area contributed by atoms with Crippen LogP contribution in [0.2, 0.25) is 10.3 Å². The zero-order valence-electron chi connectivity index (χ0n) is 8.76. The van der Waals surface area contributed by atoms with Crippen molar-refractivity contribution in [3.63, 3.8) is 0 Å². The van der Waals surface area contributed by atoms with Gasteiger partial charge < -0.3 is 0 Å². The highest BCUT2D eigenvalue weighted by atomic mass is 35.5. The van der Waals surface area contributed by atoms with E-state index in [0.717, 1.165) is 36.6 Å². The molecule has 0 spiro atoms. The van der Waals surface area contributed by atoms with Crippen LogP contribution in [0.4, 0.5) is 0 Å². The fourth-order valence-electron chi connectivity index (χ4n) is 1.60. The largest absolute Gasteiger partial charge is 0.221 e. The first-order chi connectivity index (χ1) is 7.20. The normalized spacial score (nSPS) is 15.7. The molecule has 0 bridgehead atoms. The van der Waals surface area contributed by atoms with E-state index < -0.39 is 0 Å². The number of nitrogens with zero attached hydrogens (tertiary/aromatic N) is 2. The van der Waals surface area contributed by atoms with E-state index in [4.69, 9.17) is 23.2 Å². The first-order valence-electron chi connectivity index (χ1n) is 5.41. The highest BCUT2D eigenvalue weighted by molar-refractivity contribution is 6.34. The lowest BCUT2D eigenvalue weighted by molar-refractivity contribution is 0.761. The maximum atomic E-state index is 6.08. The number of halogens is 2. The Bertz CT molecular complexity index is 339. The standard InChI is InChI=1S/C11H14Cl2N2/c1-2-3-8-10(12)14-9(15-11(8)13)6-7-4-5-7/h7H,2-6H2,1H3. The second kappa shape index (κ2) is 4.67. The van der Waals surface area contributed by atoms with Crippen molar-refractivity contribution in [2.24, 2.45) is 5.92 Å². The molecule has 0 radical (unpaired) electrons. The number of hydrogen-bond acceptors (Lipinski definition) is 2. The lowest BCUT2D eigenvalue weighted by Gasteiger charge is -2.06. The van der Waals surface area contributed by atoms with Gasteiger partial charge in [-0.05, 0) is 25.2 Å². The monoisotopic (exact) mass is 244 g/mol. The van der Waals surface area contributed by atoms with E-state index in [2.05, 4.69) is 16.9 Å². The summed E-state index contributed by atoms with van der Waals surface area (Å²) in [4.78, 5) is 8.61. The molecule has 0 atom stereocenters. The minimum Gasteiger partial charge on any atom is -0.221 e. The van der Waals surface area contributed by atoms with E-state index in [9.17, 15) is 0 Å². The zero-order chi connectivity index (χ0) is 10.8. The maximum absolute atomic E-state index is 6.08. The summed E-state index contributed by atoms with van der Waals surface area (Å²) >= 11 is 12.2. The van der Waals surface area contributed by atoms with Gasteiger partial charge in [-0.25, -0.2) is 9.97 Å². The van der Waals surface area contributed by atoms with Crippen LogP contribution >= 0.6 is 23.2 Å². The van der Waals surface area contributed by atoms with E-state index in [-0.39, 0.29) is 0 Å². The fourth-order valence-corrected chi connectivity index (χ4v) is 2.21. The van der Waals surface area contributed by atoms with Crippen LogP contribution in [-0.2, 0) is 12.8 Å². The second-order valence-electron chi connectivity index (χ2n) is 4.10. The summed E-state index contributed by atoms with van der Waals surface area (Å²) < 4.78 is 0. The van der Waals surface area contributed by atoms with Crippen molar-refractivity contribution in [1.82, 2.24) is 9.97 Å². The minimum absolute atomic E-state index is 0.535. The summed E-state index contributed by atoms with van der Waals surface area (Å²) in [5.41, 5.74) is 0.889. The molecule has 0 amide bonds. The van der Waals surface area contributed by atoms with Crippen molar-refractivity contribution in [3.05, 3.63) is 21.7 Å². The van der Waals surface area contributed by atoms with E-state index >= 15 is 0 Å². The molecule has 82 valence electrons. The topological polar surface area (TPSA) is 25.8 Å². The fraction of sp³-hybridized carbons (Fsp3) is 0.636. The molecular formula is C11H14Cl2N2. The third kappa shape index (κ3) is 2.82. The molecule has 0 N–H and O–H groups in total. The van der Waals surface area contributed by atoms with Crippen molar-refractivity contribution in [1.29, 1.82) is 0 Å². The van der Waals surface area contributed by atoms with Crippen LogP contribution in [-0.4, -0.2) is 9.97 Å². The SMILES string of the molecule is CCCc1c(Cl)nc(CC2CC2)nc1Cl. The van der Waals surface area contributed by atoms with Crippen LogP contribution < -0.4 is 0 Å². The Labute approximate surface area is 100 Å². The van der Waals surface area contributed by atoms with Crippen molar-refractivity contribution in [3.8, 4) is 0 Å². The highest BCUT2D eigenvalue weighted by Crippen LogP contribution is 2.32. The van der Waals surface area contributed by atoms with Gasteiger partial charge in [-0.15, -0.1) is 0 Å². The van der Waals surface area contributed by atoms with Crippen LogP contribution in [0, 0.1) is 5.92 Å². The van der Waals surface area contributed by atoms with Crippen molar-refractivity contribution >= 4 is 23.2 Å². The Morgan fingerprint density at radius 2 is 1.80 bits per heavy atom. The van der Waals surface area contributed by atoms with Crippen molar-refractivity contribution < 1.29 is 0 Å². The van der Waals surface area contributed by atoms with Crippen LogP contribution in [0.3, 0.4) is 0 Å². The van der Waals surface area contributed by atoms with Gasteiger partial charge in [0, 0.05) is 12.0 Å². The number of aromatic nitrogens is 2. The van der Waals surface area contributed by atoms with Gasteiger partial charge in [-0.3, -0.25) is 0 Å². The Hall–Kier alpha value is -0.340. The minimum atomic E-state index is 0.535. The molecule has 0 aliphatic heterocycles. The van der Waals surface area contributed by atoms with Crippen LogP contribution in [0.1, 0.15) is 37.6 Å². The van der Waals surface area contributed by atoms with Gasteiger partial charge in [0.25, 0.3) is 0 Å². The molecule has 15 heavy (non-hydrogen) atoms. The molecule has 1 aliphatic carbocycles. The van der Waals surface area contributed by atoms with E-state index in [1.807, 2.05) is 0 Å². The smallest absolute Gasteiger partial charge is 0.137 e. The van der Waals surface area contributed by atoms with Gasteiger partial charge >= 0.3 is 0 Å². The molecule has 1 aromatic heterocycles. The molecule has 1 aromatic rings. The van der Waals surface area contributed by atoms with Crippen LogP contribution in [0.5, 0.6) is 0 Å². The van der Waals surface area contributed by atoms with Gasteiger partial charge in [0.05, 0.1) is 0 Å². The maximum Gasteiger partial charge on any atom is 0.137 e. The quantitative estimate of drug-likeness (QED) is 0.756. The average molecular weight is 245 g/mol. The molecule has 1 fully saturated rings. The molecule has 4 heteroatoms. The molecular weight excluding hydrogens is 231 g/mol. The Morgan fingerprint density at radius 3 is 2.27 bits per heavy atom. The van der Waals surface area contributed by atoms with Gasteiger partial charge in [-0.2, -0.15) is 0 Å². The second-order valence-corrected chi connectivity index (χ2v) is 4.81.